The van der Waals surface area contributed by atoms with E-state index in [0.29, 0.717) is 23.7 Å². The number of aliphatic hydroxyl groups is 1. The van der Waals surface area contributed by atoms with Crippen LogP contribution in [-0.2, 0) is 23.7 Å². The molecule has 0 radical (unpaired) electrons. The van der Waals surface area contributed by atoms with Crippen molar-refractivity contribution < 1.29 is 14.4 Å². The number of fused-ring (bicyclic) bond motifs is 3. The number of carbonyl (C=O) groups excluding carboxylic acids is 1. The van der Waals surface area contributed by atoms with E-state index in [0.717, 1.165) is 36.1 Å². The second-order valence-electron chi connectivity index (χ2n) is 7.49. The predicted octanol–water partition coefficient (Wildman–Crippen LogP) is 2.65. The van der Waals surface area contributed by atoms with Gasteiger partial charge in [0.1, 0.15) is 5.69 Å². The molecule has 1 saturated carbocycles. The second-order valence-corrected chi connectivity index (χ2v) is 7.49. The Labute approximate surface area is 145 Å². The molecule has 0 aromatic carbocycles. The first kappa shape index (κ1) is 16.1. The molecule has 0 aliphatic heterocycles. The first-order chi connectivity index (χ1) is 11.9. The molecule has 2 aromatic heterocycles. The number of hydrogen-bond acceptors (Lipinski definition) is 6. The first-order valence-electron chi connectivity index (χ1n) is 8.61. The van der Waals surface area contributed by atoms with Crippen molar-refractivity contribution in [1.82, 2.24) is 19.9 Å². The van der Waals surface area contributed by atoms with Gasteiger partial charge in [-0.05, 0) is 32.1 Å². The molecule has 0 amide bonds. The number of hydrogen-bond donors (Lipinski definition) is 1. The molecule has 2 aliphatic carbocycles. The maximum Gasteiger partial charge on any atom is 0.276 e. The summed E-state index contributed by atoms with van der Waals surface area (Å²) < 4.78 is 7.18. The number of nitrogens with zero attached hydrogens (tertiary/aromatic N) is 4. The van der Waals surface area contributed by atoms with E-state index in [2.05, 4.69) is 17.1 Å². The third kappa shape index (κ3) is 2.11. The van der Waals surface area contributed by atoms with Gasteiger partial charge >= 0.3 is 0 Å². The lowest BCUT2D eigenvalue weighted by Crippen LogP contribution is -2.47. The molecule has 0 spiro atoms. The average molecular weight is 342 g/mol. The normalized spacial score (nSPS) is 30.4. The molecular weight excluding hydrogens is 320 g/mol. The number of Topliss-reactive ketones (excluding diaryl/α,β-unsaturated/α-hetero) is 1. The number of aliphatic hydroxyl groups excluding tert-OH is 1. The Balaban J connectivity index is 1.88. The Hall–Kier alpha value is -2.44. The van der Waals surface area contributed by atoms with Crippen LogP contribution < -0.4 is 0 Å². The fourth-order valence-electron chi connectivity index (χ4n) is 4.80. The van der Waals surface area contributed by atoms with Crippen molar-refractivity contribution in [3.63, 3.8) is 0 Å². The maximum absolute atomic E-state index is 12.5. The van der Waals surface area contributed by atoms with Crippen LogP contribution in [0.4, 0.5) is 0 Å². The van der Waals surface area contributed by atoms with Gasteiger partial charge in [-0.3, -0.25) is 9.48 Å². The Morgan fingerprint density at radius 3 is 2.84 bits per heavy atom. The van der Waals surface area contributed by atoms with Crippen molar-refractivity contribution in [2.75, 3.05) is 0 Å². The van der Waals surface area contributed by atoms with Crippen molar-refractivity contribution in [3.05, 3.63) is 28.9 Å². The summed E-state index contributed by atoms with van der Waals surface area (Å²) in [6, 6.07) is 0. The van der Waals surface area contributed by atoms with Crippen LogP contribution in [0.15, 0.2) is 16.4 Å². The van der Waals surface area contributed by atoms with Crippen molar-refractivity contribution in [3.8, 4) is 11.6 Å². The van der Waals surface area contributed by atoms with E-state index >= 15 is 0 Å². The minimum Gasteiger partial charge on any atom is -0.515 e. The topological polar surface area (TPSA) is 94.0 Å². The SMILES string of the molecule is Cc1noc(-c2c3c(nn2C)[C@@]2(C)C/C(=C/O)C(=O)[C@@H](C)[C@@H]2CC3)n1. The van der Waals surface area contributed by atoms with Crippen LogP contribution in [-0.4, -0.2) is 30.8 Å². The quantitative estimate of drug-likeness (QED) is 0.632. The van der Waals surface area contributed by atoms with Crippen LogP contribution in [0.25, 0.3) is 11.6 Å². The zero-order valence-electron chi connectivity index (χ0n) is 14.9. The summed E-state index contributed by atoms with van der Waals surface area (Å²) in [7, 11) is 1.88. The van der Waals surface area contributed by atoms with Crippen molar-refractivity contribution in [2.24, 2.45) is 18.9 Å². The van der Waals surface area contributed by atoms with E-state index in [1.807, 2.05) is 14.0 Å². The van der Waals surface area contributed by atoms with Crippen LogP contribution in [0.3, 0.4) is 0 Å². The van der Waals surface area contributed by atoms with Gasteiger partial charge < -0.3 is 9.63 Å². The third-order valence-electron chi connectivity index (χ3n) is 5.99. The summed E-state index contributed by atoms with van der Waals surface area (Å²) in [5, 5.41) is 18.2. The van der Waals surface area contributed by atoms with E-state index < -0.39 is 0 Å². The fourth-order valence-corrected chi connectivity index (χ4v) is 4.80. The Morgan fingerprint density at radius 1 is 1.44 bits per heavy atom. The highest BCUT2D eigenvalue weighted by atomic mass is 16.5. The van der Waals surface area contributed by atoms with Crippen molar-refractivity contribution in [1.29, 1.82) is 0 Å². The van der Waals surface area contributed by atoms with E-state index in [-0.39, 0.29) is 23.0 Å². The van der Waals surface area contributed by atoms with Crippen LogP contribution in [0.5, 0.6) is 0 Å². The lowest BCUT2D eigenvalue weighted by Gasteiger charge is -2.47. The number of allylic oxidation sites excluding steroid dienone is 1. The highest BCUT2D eigenvalue weighted by Crippen LogP contribution is 2.53. The van der Waals surface area contributed by atoms with Gasteiger partial charge in [-0.1, -0.05) is 19.0 Å². The lowest BCUT2D eigenvalue weighted by molar-refractivity contribution is -0.124. The predicted molar refractivity (Wildman–Crippen MR) is 89.9 cm³/mol. The molecule has 2 aliphatic rings. The highest BCUT2D eigenvalue weighted by Gasteiger charge is 2.52. The molecule has 1 N–H and O–H groups in total. The summed E-state index contributed by atoms with van der Waals surface area (Å²) in [6.45, 7) is 5.90. The minimum absolute atomic E-state index is 0.0529. The number of aromatic nitrogens is 4. The number of aryl methyl sites for hydroxylation is 2. The highest BCUT2D eigenvalue weighted by molar-refractivity contribution is 5.98. The molecule has 0 unspecified atom stereocenters. The van der Waals surface area contributed by atoms with E-state index in [1.54, 1.807) is 11.6 Å². The van der Waals surface area contributed by atoms with Crippen LogP contribution in [0.2, 0.25) is 0 Å². The third-order valence-corrected chi connectivity index (χ3v) is 5.99. The first-order valence-corrected chi connectivity index (χ1v) is 8.61. The molecule has 132 valence electrons. The zero-order chi connectivity index (χ0) is 17.9. The van der Waals surface area contributed by atoms with Gasteiger partial charge in [0.05, 0.1) is 12.0 Å². The Kier molecular flexibility index (Phi) is 3.39. The van der Waals surface area contributed by atoms with Gasteiger partial charge in [0.25, 0.3) is 5.89 Å². The molecule has 0 saturated heterocycles. The molecule has 1 fully saturated rings. The summed E-state index contributed by atoms with van der Waals surface area (Å²) >= 11 is 0. The van der Waals surface area contributed by atoms with Crippen molar-refractivity contribution in [2.45, 2.75) is 45.4 Å². The van der Waals surface area contributed by atoms with Crippen LogP contribution >= 0.6 is 0 Å². The summed E-state index contributed by atoms with van der Waals surface area (Å²) in [5.74, 6) is 1.21. The molecule has 7 heteroatoms. The Bertz CT molecular complexity index is 894. The molecule has 25 heavy (non-hydrogen) atoms. The van der Waals surface area contributed by atoms with E-state index in [9.17, 15) is 9.90 Å². The minimum atomic E-state index is -0.291. The number of ketones is 1. The molecule has 3 atom stereocenters. The number of rotatable bonds is 1. The van der Waals surface area contributed by atoms with Gasteiger partial charge in [0, 0.05) is 29.5 Å². The van der Waals surface area contributed by atoms with Gasteiger partial charge in [-0.2, -0.15) is 10.1 Å². The van der Waals surface area contributed by atoms with Gasteiger partial charge in [0.15, 0.2) is 11.6 Å². The average Bonchev–Trinajstić information content (AvgIpc) is 3.14. The summed E-state index contributed by atoms with van der Waals surface area (Å²) in [4.78, 5) is 16.8. The monoisotopic (exact) mass is 342 g/mol. The lowest BCUT2D eigenvalue weighted by atomic mass is 9.55. The Morgan fingerprint density at radius 2 is 2.20 bits per heavy atom. The van der Waals surface area contributed by atoms with Gasteiger partial charge in [-0.15, -0.1) is 0 Å². The molecule has 7 nitrogen and oxygen atoms in total. The standard InChI is InChI=1S/C18H22N4O3/c1-9-13-6-5-12-14(17-19-10(2)21-25-17)22(4)20-16(12)18(13,3)7-11(8-23)15(9)24/h8-9,13,23H,5-7H2,1-4H3/b11-8-/t9-,13-,18-/m0/s1. The molecular formula is C18H22N4O3. The van der Waals surface area contributed by atoms with E-state index in [1.165, 1.54) is 0 Å². The largest absolute Gasteiger partial charge is 0.515 e. The maximum atomic E-state index is 12.5. The summed E-state index contributed by atoms with van der Waals surface area (Å²) in [5.41, 5.74) is 3.15. The van der Waals surface area contributed by atoms with Crippen molar-refractivity contribution >= 4 is 5.78 Å². The zero-order valence-corrected chi connectivity index (χ0v) is 14.9. The van der Waals surface area contributed by atoms with Gasteiger partial charge in [0.2, 0.25) is 0 Å². The smallest absolute Gasteiger partial charge is 0.276 e. The summed E-state index contributed by atoms with van der Waals surface area (Å²) in [6.07, 6.45) is 3.21. The molecule has 2 aromatic rings. The molecule has 4 rings (SSSR count). The second kappa shape index (κ2) is 5.28. The van der Waals surface area contributed by atoms with E-state index in [4.69, 9.17) is 9.62 Å². The van der Waals surface area contributed by atoms with Gasteiger partial charge in [-0.25, -0.2) is 0 Å². The van der Waals surface area contributed by atoms with Crippen LogP contribution in [0.1, 0.15) is 43.8 Å². The fraction of sp³-hybridized carbons (Fsp3) is 0.556. The van der Waals surface area contributed by atoms with Crippen LogP contribution in [0, 0.1) is 18.8 Å². The molecule has 0 bridgehead atoms. The number of carbonyl (C=O) groups is 1. The molecule has 2 heterocycles.